The summed E-state index contributed by atoms with van der Waals surface area (Å²) in [5.74, 6) is 1.41. The van der Waals surface area contributed by atoms with Gasteiger partial charge in [-0.05, 0) is 38.2 Å². The molecule has 1 aliphatic heterocycles. The van der Waals surface area contributed by atoms with Gasteiger partial charge in [-0.25, -0.2) is 4.98 Å². The van der Waals surface area contributed by atoms with Gasteiger partial charge in [0.2, 0.25) is 0 Å². The van der Waals surface area contributed by atoms with Crippen LogP contribution >= 0.6 is 11.6 Å². The van der Waals surface area contributed by atoms with Gasteiger partial charge in [-0.2, -0.15) is 0 Å². The first-order valence-corrected chi connectivity index (χ1v) is 7.68. The van der Waals surface area contributed by atoms with Crippen molar-refractivity contribution in [2.75, 3.05) is 25.0 Å². The summed E-state index contributed by atoms with van der Waals surface area (Å²) < 4.78 is 0. The van der Waals surface area contributed by atoms with Crippen LogP contribution in [0, 0.1) is 5.92 Å². The molecule has 1 aromatic heterocycles. The maximum atomic E-state index is 12.6. The Kier molecular flexibility index (Phi) is 5.24. The van der Waals surface area contributed by atoms with E-state index in [2.05, 4.69) is 17.2 Å². The number of pyridine rings is 1. The average Bonchev–Trinajstić information content (AvgIpc) is 2.65. The minimum absolute atomic E-state index is 0.0191. The number of hydrogen-bond acceptors (Lipinski definition) is 3. The summed E-state index contributed by atoms with van der Waals surface area (Å²) in [7, 11) is 0. The summed E-state index contributed by atoms with van der Waals surface area (Å²) >= 11 is 6.14. The second-order valence-corrected chi connectivity index (χ2v) is 5.82. The zero-order valence-electron chi connectivity index (χ0n) is 12.2. The molecule has 0 radical (unpaired) electrons. The molecule has 0 saturated carbocycles. The topological polar surface area (TPSA) is 45.2 Å². The lowest BCUT2D eigenvalue weighted by Crippen LogP contribution is -2.32. The molecule has 0 aromatic carbocycles. The van der Waals surface area contributed by atoms with E-state index in [4.69, 9.17) is 11.6 Å². The largest absolute Gasteiger partial charge is 0.370 e. The van der Waals surface area contributed by atoms with Crippen LogP contribution in [0.2, 0.25) is 5.02 Å². The summed E-state index contributed by atoms with van der Waals surface area (Å²) in [6.07, 6.45) is 4.87. The zero-order valence-corrected chi connectivity index (χ0v) is 12.9. The second kappa shape index (κ2) is 6.93. The standard InChI is InChI=1S/C15H22ClN3O/c1-3-17-14-9-12(13(16)10-18-14)15(20)19-7-4-5-11(2)6-8-19/h9-11H,3-8H2,1-2H3,(H,17,18). The van der Waals surface area contributed by atoms with Crippen LogP contribution in [0.1, 0.15) is 43.5 Å². The zero-order chi connectivity index (χ0) is 14.5. The summed E-state index contributed by atoms with van der Waals surface area (Å²) in [5, 5.41) is 3.54. The van der Waals surface area contributed by atoms with Crippen molar-refractivity contribution < 1.29 is 4.79 Å². The number of aromatic nitrogens is 1. The number of halogens is 1. The van der Waals surface area contributed by atoms with Gasteiger partial charge >= 0.3 is 0 Å². The van der Waals surface area contributed by atoms with Gasteiger partial charge < -0.3 is 10.2 Å². The molecule has 1 amide bonds. The van der Waals surface area contributed by atoms with Crippen LogP contribution < -0.4 is 5.32 Å². The van der Waals surface area contributed by atoms with Gasteiger partial charge in [0.15, 0.2) is 0 Å². The van der Waals surface area contributed by atoms with Crippen molar-refractivity contribution in [3.63, 3.8) is 0 Å². The van der Waals surface area contributed by atoms with Crippen LogP contribution in [-0.2, 0) is 0 Å². The Labute approximate surface area is 125 Å². The van der Waals surface area contributed by atoms with E-state index in [9.17, 15) is 4.79 Å². The van der Waals surface area contributed by atoms with Crippen molar-refractivity contribution in [3.05, 3.63) is 22.8 Å². The normalized spacial score (nSPS) is 19.6. The highest BCUT2D eigenvalue weighted by Crippen LogP contribution is 2.23. The van der Waals surface area contributed by atoms with E-state index in [1.165, 1.54) is 6.42 Å². The molecule has 110 valence electrons. The van der Waals surface area contributed by atoms with Gasteiger partial charge in [-0.15, -0.1) is 0 Å². The number of nitrogens with one attached hydrogen (secondary N) is 1. The number of rotatable bonds is 3. The highest BCUT2D eigenvalue weighted by molar-refractivity contribution is 6.33. The van der Waals surface area contributed by atoms with Crippen LogP contribution in [0.15, 0.2) is 12.3 Å². The molecule has 1 saturated heterocycles. The lowest BCUT2D eigenvalue weighted by atomic mass is 10.0. The van der Waals surface area contributed by atoms with Gasteiger partial charge in [0, 0.05) is 25.8 Å². The Balaban J connectivity index is 2.17. The number of carbonyl (C=O) groups is 1. The molecule has 0 bridgehead atoms. The molecule has 2 heterocycles. The first kappa shape index (κ1) is 15.1. The summed E-state index contributed by atoms with van der Waals surface area (Å²) in [6, 6.07) is 1.75. The van der Waals surface area contributed by atoms with E-state index in [0.29, 0.717) is 22.3 Å². The highest BCUT2D eigenvalue weighted by Gasteiger charge is 2.22. The van der Waals surface area contributed by atoms with E-state index in [1.807, 2.05) is 11.8 Å². The summed E-state index contributed by atoms with van der Waals surface area (Å²) in [5.41, 5.74) is 0.548. The number of carbonyl (C=O) groups excluding carboxylic acids is 1. The Hall–Kier alpha value is -1.29. The first-order chi connectivity index (χ1) is 9.61. The first-order valence-electron chi connectivity index (χ1n) is 7.30. The smallest absolute Gasteiger partial charge is 0.255 e. The Morgan fingerprint density at radius 1 is 1.50 bits per heavy atom. The second-order valence-electron chi connectivity index (χ2n) is 5.41. The van der Waals surface area contributed by atoms with E-state index in [1.54, 1.807) is 12.3 Å². The predicted octanol–water partition coefficient (Wildman–Crippen LogP) is 3.43. The van der Waals surface area contributed by atoms with Gasteiger partial charge in [-0.1, -0.05) is 18.5 Å². The number of anilines is 1. The molecule has 1 aliphatic rings. The highest BCUT2D eigenvalue weighted by atomic mass is 35.5. The number of hydrogen-bond donors (Lipinski definition) is 1. The number of amides is 1. The van der Waals surface area contributed by atoms with Crippen molar-refractivity contribution in [1.82, 2.24) is 9.88 Å². The van der Waals surface area contributed by atoms with Crippen LogP contribution in [-0.4, -0.2) is 35.4 Å². The van der Waals surface area contributed by atoms with Crippen LogP contribution in [0.5, 0.6) is 0 Å². The molecule has 2 rings (SSSR count). The van der Waals surface area contributed by atoms with E-state index < -0.39 is 0 Å². The number of nitrogens with zero attached hydrogens (tertiary/aromatic N) is 2. The molecule has 1 N–H and O–H groups in total. The quantitative estimate of drug-likeness (QED) is 0.929. The summed E-state index contributed by atoms with van der Waals surface area (Å²) in [6.45, 7) is 6.64. The molecule has 4 nitrogen and oxygen atoms in total. The average molecular weight is 296 g/mol. The Bertz CT molecular complexity index is 478. The van der Waals surface area contributed by atoms with Crippen molar-refractivity contribution in [1.29, 1.82) is 0 Å². The molecule has 0 aliphatic carbocycles. The Morgan fingerprint density at radius 3 is 3.05 bits per heavy atom. The third kappa shape index (κ3) is 3.63. The molecule has 20 heavy (non-hydrogen) atoms. The van der Waals surface area contributed by atoms with Crippen molar-refractivity contribution in [3.8, 4) is 0 Å². The van der Waals surface area contributed by atoms with Crippen LogP contribution in [0.25, 0.3) is 0 Å². The van der Waals surface area contributed by atoms with Crippen LogP contribution in [0.3, 0.4) is 0 Å². The fraction of sp³-hybridized carbons (Fsp3) is 0.600. The van der Waals surface area contributed by atoms with E-state index in [0.717, 1.165) is 32.5 Å². The number of likely N-dealkylation sites (tertiary alicyclic amines) is 1. The van der Waals surface area contributed by atoms with Gasteiger partial charge in [0.05, 0.1) is 10.6 Å². The van der Waals surface area contributed by atoms with Gasteiger partial charge in [0.1, 0.15) is 5.82 Å². The molecule has 5 heteroatoms. The van der Waals surface area contributed by atoms with Crippen LogP contribution in [0.4, 0.5) is 5.82 Å². The molecule has 1 fully saturated rings. The maximum Gasteiger partial charge on any atom is 0.255 e. The fourth-order valence-electron chi connectivity index (χ4n) is 2.52. The minimum atomic E-state index is 0.0191. The van der Waals surface area contributed by atoms with Gasteiger partial charge in [0.25, 0.3) is 5.91 Å². The SMILES string of the molecule is CCNc1cc(C(=O)N2CCCC(C)CC2)c(Cl)cn1. The maximum absolute atomic E-state index is 12.6. The van der Waals surface area contributed by atoms with E-state index >= 15 is 0 Å². The van der Waals surface area contributed by atoms with Crippen molar-refractivity contribution >= 4 is 23.3 Å². The molecular weight excluding hydrogens is 274 g/mol. The predicted molar refractivity (Wildman–Crippen MR) is 82.3 cm³/mol. The van der Waals surface area contributed by atoms with Gasteiger partial charge in [-0.3, -0.25) is 4.79 Å². The molecule has 1 unspecified atom stereocenters. The molecule has 1 aromatic rings. The third-order valence-corrected chi connectivity index (χ3v) is 4.05. The van der Waals surface area contributed by atoms with Crippen molar-refractivity contribution in [2.24, 2.45) is 5.92 Å². The Morgan fingerprint density at radius 2 is 2.30 bits per heavy atom. The lowest BCUT2D eigenvalue weighted by Gasteiger charge is -2.21. The fourth-order valence-corrected chi connectivity index (χ4v) is 2.70. The molecular formula is C15H22ClN3O. The van der Waals surface area contributed by atoms with Crippen molar-refractivity contribution in [2.45, 2.75) is 33.1 Å². The molecule has 0 spiro atoms. The molecule has 1 atom stereocenters. The lowest BCUT2D eigenvalue weighted by molar-refractivity contribution is 0.0760. The minimum Gasteiger partial charge on any atom is -0.370 e. The summed E-state index contributed by atoms with van der Waals surface area (Å²) in [4.78, 5) is 18.7. The monoisotopic (exact) mass is 295 g/mol. The van der Waals surface area contributed by atoms with E-state index in [-0.39, 0.29) is 5.91 Å². The third-order valence-electron chi connectivity index (χ3n) is 3.75.